The standard InChI is InChI=1S/C23H36N4O2S/c1-4-27-22-13-12-20(30(28,29)26-14-6-5-7-15-26)16-21(22)24-23(27)17-25(3)19-10-8-18(2)9-11-19/h12-13,16,18-19H,4-11,14-15,17H2,1-3H3. The van der Waals surface area contributed by atoms with E-state index in [1.54, 1.807) is 16.4 Å². The Morgan fingerprint density at radius 2 is 1.80 bits per heavy atom. The van der Waals surface area contributed by atoms with Gasteiger partial charge in [0.05, 0.1) is 22.5 Å². The molecule has 166 valence electrons. The van der Waals surface area contributed by atoms with Crippen LogP contribution in [0.25, 0.3) is 11.0 Å². The summed E-state index contributed by atoms with van der Waals surface area (Å²) >= 11 is 0. The Labute approximate surface area is 181 Å². The van der Waals surface area contributed by atoms with Crippen LogP contribution in [0.2, 0.25) is 0 Å². The molecule has 2 aliphatic rings. The molecule has 1 aromatic heterocycles. The van der Waals surface area contributed by atoms with Crippen LogP contribution < -0.4 is 0 Å². The third-order valence-corrected chi connectivity index (χ3v) is 8.96. The van der Waals surface area contributed by atoms with Crippen LogP contribution in [-0.4, -0.2) is 53.4 Å². The summed E-state index contributed by atoms with van der Waals surface area (Å²) in [4.78, 5) is 7.70. The van der Waals surface area contributed by atoms with E-state index in [0.29, 0.717) is 24.0 Å². The maximum Gasteiger partial charge on any atom is 0.243 e. The van der Waals surface area contributed by atoms with Crippen LogP contribution in [0.3, 0.4) is 0 Å². The minimum absolute atomic E-state index is 0.374. The van der Waals surface area contributed by atoms with E-state index in [0.717, 1.165) is 55.1 Å². The number of imidazole rings is 1. The SMILES string of the molecule is CCn1c(CN(C)C2CCC(C)CC2)nc2cc(S(=O)(=O)N3CCCCC3)ccc21. The van der Waals surface area contributed by atoms with E-state index in [4.69, 9.17) is 4.98 Å². The Kier molecular flexibility index (Phi) is 6.51. The molecule has 1 aromatic carbocycles. The zero-order valence-corrected chi connectivity index (χ0v) is 19.5. The summed E-state index contributed by atoms with van der Waals surface area (Å²) in [6.45, 7) is 7.36. The molecule has 4 rings (SSSR count). The fraction of sp³-hybridized carbons (Fsp3) is 0.696. The van der Waals surface area contributed by atoms with Crippen LogP contribution in [0.5, 0.6) is 0 Å². The van der Waals surface area contributed by atoms with Crippen molar-refractivity contribution in [2.24, 2.45) is 5.92 Å². The maximum absolute atomic E-state index is 13.1. The number of rotatable bonds is 6. The molecule has 0 spiro atoms. The van der Waals surface area contributed by atoms with Crippen LogP contribution in [0.4, 0.5) is 0 Å². The molecule has 0 bridgehead atoms. The third kappa shape index (κ3) is 4.30. The first-order chi connectivity index (χ1) is 14.4. The van der Waals surface area contributed by atoms with Gasteiger partial charge in [0, 0.05) is 25.7 Å². The highest BCUT2D eigenvalue weighted by atomic mass is 32.2. The Balaban J connectivity index is 1.59. The van der Waals surface area contributed by atoms with Crippen molar-refractivity contribution in [3.05, 3.63) is 24.0 Å². The number of fused-ring (bicyclic) bond motifs is 1. The predicted molar refractivity (Wildman–Crippen MR) is 121 cm³/mol. The van der Waals surface area contributed by atoms with Gasteiger partial charge >= 0.3 is 0 Å². The molecule has 1 aliphatic heterocycles. The number of aromatic nitrogens is 2. The summed E-state index contributed by atoms with van der Waals surface area (Å²) in [6, 6.07) is 6.09. The van der Waals surface area contributed by atoms with Crippen molar-refractivity contribution in [1.29, 1.82) is 0 Å². The smallest absolute Gasteiger partial charge is 0.243 e. The molecule has 2 heterocycles. The first-order valence-electron chi connectivity index (χ1n) is 11.6. The predicted octanol–water partition coefficient (Wildman–Crippen LogP) is 4.24. The monoisotopic (exact) mass is 432 g/mol. The van der Waals surface area contributed by atoms with Gasteiger partial charge in [0.15, 0.2) is 0 Å². The van der Waals surface area contributed by atoms with Gasteiger partial charge in [0.2, 0.25) is 10.0 Å². The Morgan fingerprint density at radius 3 is 2.47 bits per heavy atom. The Hall–Kier alpha value is -1.44. The van der Waals surface area contributed by atoms with E-state index in [2.05, 4.69) is 30.4 Å². The summed E-state index contributed by atoms with van der Waals surface area (Å²) in [5.41, 5.74) is 1.81. The number of sulfonamides is 1. The number of hydrogen-bond acceptors (Lipinski definition) is 4. The van der Waals surface area contributed by atoms with Gasteiger partial charge in [-0.25, -0.2) is 13.4 Å². The highest BCUT2D eigenvalue weighted by Crippen LogP contribution is 2.29. The second-order valence-corrected chi connectivity index (χ2v) is 11.2. The lowest BCUT2D eigenvalue weighted by molar-refractivity contribution is 0.159. The number of benzene rings is 1. The minimum atomic E-state index is -3.44. The summed E-state index contributed by atoms with van der Waals surface area (Å²) in [7, 11) is -1.23. The number of hydrogen-bond donors (Lipinski definition) is 0. The van der Waals surface area contributed by atoms with E-state index in [1.807, 2.05) is 6.07 Å². The van der Waals surface area contributed by atoms with Crippen molar-refractivity contribution in [2.45, 2.75) is 82.8 Å². The zero-order chi connectivity index (χ0) is 21.3. The minimum Gasteiger partial charge on any atom is -0.327 e. The van der Waals surface area contributed by atoms with Crippen molar-refractivity contribution in [3.8, 4) is 0 Å². The molecule has 2 aromatic rings. The lowest BCUT2D eigenvalue weighted by Gasteiger charge is -2.33. The topological polar surface area (TPSA) is 58.4 Å². The number of nitrogens with zero attached hydrogens (tertiary/aromatic N) is 4. The molecule has 1 saturated carbocycles. The fourth-order valence-corrected chi connectivity index (χ4v) is 6.62. The van der Waals surface area contributed by atoms with Crippen LogP contribution in [-0.2, 0) is 23.1 Å². The van der Waals surface area contributed by atoms with E-state index < -0.39 is 10.0 Å². The molecular formula is C23H36N4O2S. The molecule has 0 N–H and O–H groups in total. The quantitative estimate of drug-likeness (QED) is 0.685. The van der Waals surface area contributed by atoms with Crippen molar-refractivity contribution >= 4 is 21.1 Å². The Bertz CT molecular complexity index is 970. The molecule has 0 unspecified atom stereocenters. The average molecular weight is 433 g/mol. The summed E-state index contributed by atoms with van der Waals surface area (Å²) < 4.78 is 30.0. The first kappa shape index (κ1) is 21.8. The zero-order valence-electron chi connectivity index (χ0n) is 18.7. The van der Waals surface area contributed by atoms with Gasteiger partial charge in [-0.3, -0.25) is 4.90 Å². The Morgan fingerprint density at radius 1 is 1.10 bits per heavy atom. The summed E-state index contributed by atoms with van der Waals surface area (Å²) in [5, 5.41) is 0. The van der Waals surface area contributed by atoms with Gasteiger partial charge < -0.3 is 4.57 Å². The second-order valence-electron chi connectivity index (χ2n) is 9.22. The van der Waals surface area contributed by atoms with E-state index in [-0.39, 0.29) is 0 Å². The van der Waals surface area contributed by atoms with Gasteiger partial charge in [-0.2, -0.15) is 4.31 Å². The first-order valence-corrected chi connectivity index (χ1v) is 13.0. The van der Waals surface area contributed by atoms with Crippen molar-refractivity contribution in [1.82, 2.24) is 18.8 Å². The van der Waals surface area contributed by atoms with Crippen LogP contribution in [0.1, 0.15) is 64.6 Å². The highest BCUT2D eigenvalue weighted by molar-refractivity contribution is 7.89. The normalized spacial score (nSPS) is 24.0. The van der Waals surface area contributed by atoms with Crippen molar-refractivity contribution in [2.75, 3.05) is 20.1 Å². The van der Waals surface area contributed by atoms with E-state index >= 15 is 0 Å². The molecule has 6 nitrogen and oxygen atoms in total. The van der Waals surface area contributed by atoms with Crippen molar-refractivity contribution in [3.63, 3.8) is 0 Å². The molecule has 0 radical (unpaired) electrons. The molecule has 1 saturated heterocycles. The van der Waals surface area contributed by atoms with Gasteiger partial charge in [-0.1, -0.05) is 13.3 Å². The molecule has 0 amide bonds. The van der Waals surface area contributed by atoms with E-state index in [9.17, 15) is 8.42 Å². The highest BCUT2D eigenvalue weighted by Gasteiger charge is 2.27. The van der Waals surface area contributed by atoms with E-state index in [1.165, 1.54) is 25.7 Å². The molecule has 1 aliphatic carbocycles. The lowest BCUT2D eigenvalue weighted by atomic mass is 9.87. The molecule has 7 heteroatoms. The molecule has 2 fully saturated rings. The van der Waals surface area contributed by atoms with Crippen LogP contribution >= 0.6 is 0 Å². The van der Waals surface area contributed by atoms with Gasteiger partial charge in [0.25, 0.3) is 0 Å². The third-order valence-electron chi connectivity index (χ3n) is 7.07. The van der Waals surface area contributed by atoms with Crippen molar-refractivity contribution < 1.29 is 8.42 Å². The van der Waals surface area contributed by atoms with Gasteiger partial charge in [-0.15, -0.1) is 0 Å². The summed E-state index contributed by atoms with van der Waals surface area (Å²) in [6.07, 6.45) is 8.12. The van der Waals surface area contributed by atoms with Gasteiger partial charge in [0.1, 0.15) is 5.82 Å². The number of aryl methyl sites for hydroxylation is 1. The molecule has 0 atom stereocenters. The maximum atomic E-state index is 13.1. The summed E-state index contributed by atoms with van der Waals surface area (Å²) in [5.74, 6) is 1.87. The number of piperidine rings is 1. The molecule has 30 heavy (non-hydrogen) atoms. The van der Waals surface area contributed by atoms with Crippen LogP contribution in [0.15, 0.2) is 23.1 Å². The molecular weight excluding hydrogens is 396 g/mol. The second kappa shape index (κ2) is 8.97. The van der Waals surface area contributed by atoms with Gasteiger partial charge in [-0.05, 0) is 76.6 Å². The fourth-order valence-electron chi connectivity index (χ4n) is 5.08. The largest absolute Gasteiger partial charge is 0.327 e. The average Bonchev–Trinajstić information content (AvgIpc) is 3.10. The van der Waals surface area contributed by atoms with Crippen LogP contribution in [0, 0.1) is 5.92 Å². The lowest BCUT2D eigenvalue weighted by Crippen LogP contribution is -2.35.